The molecule has 4 atom stereocenters. The van der Waals surface area contributed by atoms with Crippen LogP contribution >= 0.6 is 0 Å². The van der Waals surface area contributed by atoms with E-state index in [4.69, 9.17) is 9.47 Å². The second-order valence-electron chi connectivity index (χ2n) is 6.66. The molecule has 0 spiro atoms. The van der Waals surface area contributed by atoms with Gasteiger partial charge in [0.05, 0.1) is 24.2 Å². The fourth-order valence-corrected chi connectivity index (χ4v) is 5.20. The molecule has 4 rings (SSSR count). The Kier molecular flexibility index (Phi) is 4.41. The minimum absolute atomic E-state index is 0.128. The van der Waals surface area contributed by atoms with Crippen molar-refractivity contribution in [2.24, 2.45) is 0 Å². The maximum atomic E-state index is 12.7. The van der Waals surface area contributed by atoms with E-state index in [2.05, 4.69) is 4.72 Å². The number of methoxy groups -OCH3 is 1. The maximum Gasteiger partial charge on any atom is 0.341 e. The van der Waals surface area contributed by atoms with Crippen LogP contribution < -0.4 is 9.46 Å². The van der Waals surface area contributed by atoms with Crippen LogP contribution in [0.15, 0.2) is 53.4 Å². The summed E-state index contributed by atoms with van der Waals surface area (Å²) in [7, 11) is -2.52. The number of rotatable bonds is 4. The van der Waals surface area contributed by atoms with E-state index in [9.17, 15) is 18.3 Å². The molecule has 2 aromatic rings. The molecule has 0 saturated heterocycles. The first-order chi connectivity index (χ1) is 12.9. The first kappa shape index (κ1) is 18.0. The van der Waals surface area contributed by atoms with E-state index < -0.39 is 40.2 Å². The predicted molar refractivity (Wildman–Crippen MR) is 96.1 cm³/mol. The molecule has 1 fully saturated rings. The van der Waals surface area contributed by atoms with Crippen molar-refractivity contribution >= 4 is 16.0 Å². The summed E-state index contributed by atoms with van der Waals surface area (Å²) < 4.78 is 38.8. The summed E-state index contributed by atoms with van der Waals surface area (Å²) in [6.07, 6.45) is -1.04. The minimum Gasteiger partial charge on any atom is -0.488 e. The molecule has 1 aliphatic carbocycles. The molecule has 1 heterocycles. The number of aliphatic hydroxyl groups excluding tert-OH is 1. The number of fused-ring (bicyclic) bond motifs is 3. The standard InChI is InChI=1S/C19H19NO6S/c1-25-19(22)13-9-5-8-12-16-15(26-18(12)13)10-14(21)17(16)20-27(23,24)11-6-3-2-4-7-11/h2-9,14-17,20-21H,10H2,1H3/t14?,15?,16-,17?/m0/s1. The zero-order chi connectivity index (χ0) is 19.2. The van der Waals surface area contributed by atoms with Crippen LogP contribution in [0.25, 0.3) is 0 Å². The summed E-state index contributed by atoms with van der Waals surface area (Å²) in [5.41, 5.74) is 0.990. The van der Waals surface area contributed by atoms with Crippen LogP contribution in [0.3, 0.4) is 0 Å². The van der Waals surface area contributed by atoms with Crippen LogP contribution in [0.1, 0.15) is 28.3 Å². The smallest absolute Gasteiger partial charge is 0.341 e. The van der Waals surface area contributed by atoms with Crippen molar-refractivity contribution in [3.63, 3.8) is 0 Å². The highest BCUT2D eigenvalue weighted by Gasteiger charge is 2.51. The molecular formula is C19H19NO6S. The van der Waals surface area contributed by atoms with Gasteiger partial charge in [0.2, 0.25) is 10.0 Å². The zero-order valence-corrected chi connectivity index (χ0v) is 15.3. The molecule has 2 aromatic carbocycles. The van der Waals surface area contributed by atoms with Crippen molar-refractivity contribution in [3.05, 3.63) is 59.7 Å². The van der Waals surface area contributed by atoms with E-state index in [0.29, 0.717) is 16.9 Å². The number of carbonyl (C=O) groups excluding carboxylic acids is 1. The fraction of sp³-hybridized carbons (Fsp3) is 0.316. The molecule has 27 heavy (non-hydrogen) atoms. The number of nitrogens with one attached hydrogen (secondary N) is 1. The zero-order valence-electron chi connectivity index (χ0n) is 14.5. The summed E-state index contributed by atoms with van der Waals surface area (Å²) in [6, 6.07) is 12.3. The average molecular weight is 389 g/mol. The lowest BCUT2D eigenvalue weighted by Gasteiger charge is -2.22. The van der Waals surface area contributed by atoms with Gasteiger partial charge in [0.15, 0.2) is 0 Å². The molecule has 142 valence electrons. The Morgan fingerprint density at radius 2 is 1.93 bits per heavy atom. The van der Waals surface area contributed by atoms with Crippen molar-refractivity contribution in [2.75, 3.05) is 7.11 Å². The summed E-state index contributed by atoms with van der Waals surface area (Å²) in [5, 5.41) is 10.5. The van der Waals surface area contributed by atoms with Crippen molar-refractivity contribution in [3.8, 4) is 5.75 Å². The third-order valence-corrected chi connectivity index (χ3v) is 6.57. The maximum absolute atomic E-state index is 12.7. The van der Waals surface area contributed by atoms with E-state index in [0.717, 1.165) is 0 Å². The van der Waals surface area contributed by atoms with Gasteiger partial charge in [-0.25, -0.2) is 17.9 Å². The highest BCUT2D eigenvalue weighted by molar-refractivity contribution is 7.89. The van der Waals surface area contributed by atoms with Gasteiger partial charge < -0.3 is 14.6 Å². The van der Waals surface area contributed by atoms with E-state index in [1.54, 1.807) is 36.4 Å². The van der Waals surface area contributed by atoms with Gasteiger partial charge >= 0.3 is 5.97 Å². The van der Waals surface area contributed by atoms with Gasteiger partial charge in [0, 0.05) is 17.9 Å². The Morgan fingerprint density at radius 3 is 2.63 bits per heavy atom. The Hall–Kier alpha value is -2.42. The van der Waals surface area contributed by atoms with E-state index >= 15 is 0 Å². The Bertz CT molecular complexity index is 975. The third kappa shape index (κ3) is 2.99. The fourth-order valence-electron chi connectivity index (χ4n) is 3.89. The van der Waals surface area contributed by atoms with E-state index in [1.165, 1.54) is 19.2 Å². The molecule has 0 amide bonds. The van der Waals surface area contributed by atoms with Crippen LogP contribution in [-0.2, 0) is 14.8 Å². The largest absolute Gasteiger partial charge is 0.488 e. The highest BCUT2D eigenvalue weighted by atomic mass is 32.2. The molecule has 0 aromatic heterocycles. The number of sulfonamides is 1. The third-order valence-electron chi connectivity index (χ3n) is 5.10. The number of para-hydroxylation sites is 1. The topological polar surface area (TPSA) is 102 Å². The number of hydrogen-bond donors (Lipinski definition) is 2. The predicted octanol–water partition coefficient (Wildman–Crippen LogP) is 1.43. The Balaban J connectivity index is 1.69. The summed E-state index contributed by atoms with van der Waals surface area (Å²) in [6.45, 7) is 0. The molecule has 7 nitrogen and oxygen atoms in total. The lowest BCUT2D eigenvalue weighted by molar-refractivity contribution is 0.0594. The number of aliphatic hydroxyl groups is 1. The van der Waals surface area contributed by atoms with Crippen molar-refractivity contribution < 1.29 is 27.8 Å². The molecule has 3 unspecified atom stereocenters. The highest BCUT2D eigenvalue weighted by Crippen LogP contribution is 2.49. The normalized spacial score (nSPS) is 26.1. The van der Waals surface area contributed by atoms with Crippen molar-refractivity contribution in [2.45, 2.75) is 35.5 Å². The lowest BCUT2D eigenvalue weighted by Crippen LogP contribution is -2.43. The van der Waals surface area contributed by atoms with Crippen LogP contribution in [0.2, 0.25) is 0 Å². The van der Waals surface area contributed by atoms with Crippen molar-refractivity contribution in [1.29, 1.82) is 0 Å². The number of hydrogen-bond acceptors (Lipinski definition) is 6. The minimum atomic E-state index is -3.81. The molecular weight excluding hydrogens is 370 g/mol. The van der Waals surface area contributed by atoms with Crippen LogP contribution in [0.5, 0.6) is 5.75 Å². The van der Waals surface area contributed by atoms with Gasteiger partial charge in [-0.3, -0.25) is 0 Å². The molecule has 2 N–H and O–H groups in total. The van der Waals surface area contributed by atoms with Gasteiger partial charge in [0.25, 0.3) is 0 Å². The molecule has 8 heteroatoms. The second kappa shape index (κ2) is 6.63. The first-order valence-electron chi connectivity index (χ1n) is 8.55. The summed E-state index contributed by atoms with van der Waals surface area (Å²) >= 11 is 0. The second-order valence-corrected chi connectivity index (χ2v) is 8.37. The molecule has 0 radical (unpaired) electrons. The van der Waals surface area contributed by atoms with Gasteiger partial charge in [-0.05, 0) is 18.2 Å². The SMILES string of the molecule is COC(=O)c1cccc2c1OC1CC(O)C(NS(=O)(=O)c3ccccc3)[C@@H]21. The quantitative estimate of drug-likeness (QED) is 0.767. The van der Waals surface area contributed by atoms with Crippen molar-refractivity contribution in [1.82, 2.24) is 4.72 Å². The van der Waals surface area contributed by atoms with E-state index in [1.807, 2.05) is 0 Å². The van der Waals surface area contributed by atoms with Crippen LogP contribution in [-0.4, -0.2) is 44.9 Å². The molecule has 1 saturated carbocycles. The molecule has 0 bridgehead atoms. The van der Waals surface area contributed by atoms with Crippen LogP contribution in [0, 0.1) is 0 Å². The lowest BCUT2D eigenvalue weighted by atomic mass is 9.93. The van der Waals surface area contributed by atoms with Gasteiger partial charge in [-0.1, -0.05) is 30.3 Å². The number of esters is 1. The molecule has 2 aliphatic rings. The number of ether oxygens (including phenoxy) is 2. The van der Waals surface area contributed by atoms with Gasteiger partial charge in [-0.2, -0.15) is 0 Å². The average Bonchev–Trinajstić information content (AvgIpc) is 3.17. The molecule has 1 aliphatic heterocycles. The van der Waals surface area contributed by atoms with Gasteiger partial charge in [0.1, 0.15) is 17.4 Å². The number of carbonyl (C=O) groups is 1. The summed E-state index contributed by atoms with van der Waals surface area (Å²) in [5.74, 6) is -0.512. The Labute approximate surface area is 157 Å². The van der Waals surface area contributed by atoms with Crippen LogP contribution in [0.4, 0.5) is 0 Å². The Morgan fingerprint density at radius 1 is 1.19 bits per heavy atom. The monoisotopic (exact) mass is 389 g/mol. The summed E-state index contributed by atoms with van der Waals surface area (Å²) in [4.78, 5) is 12.1. The van der Waals surface area contributed by atoms with Gasteiger partial charge in [-0.15, -0.1) is 0 Å². The van der Waals surface area contributed by atoms with E-state index in [-0.39, 0.29) is 11.3 Å². The number of benzene rings is 2. The first-order valence-corrected chi connectivity index (χ1v) is 10.0.